The van der Waals surface area contributed by atoms with Crippen LogP contribution in [-0.4, -0.2) is 11.1 Å². The summed E-state index contributed by atoms with van der Waals surface area (Å²) in [6.45, 7) is 4.15. The molecule has 0 aliphatic rings. The van der Waals surface area contributed by atoms with Crippen molar-refractivity contribution in [1.29, 1.82) is 0 Å². The van der Waals surface area contributed by atoms with Crippen LogP contribution in [0.15, 0.2) is 51.8 Å². The van der Waals surface area contributed by atoms with Crippen molar-refractivity contribution in [3.63, 3.8) is 0 Å². The Labute approximate surface area is 134 Å². The van der Waals surface area contributed by atoms with Crippen LogP contribution >= 0.6 is 0 Å². The van der Waals surface area contributed by atoms with Crippen molar-refractivity contribution < 1.29 is 13.7 Å². The van der Waals surface area contributed by atoms with Crippen LogP contribution in [0.4, 0.5) is 0 Å². The Kier molecular flexibility index (Phi) is 4.28. The molecule has 0 aliphatic carbocycles. The standard InChI is InChI=1S/C18H18N2O3/c1-12-17(13(2)23-20-12)9-18(21)19-10-14-3-5-15(6-4-14)16-7-8-22-11-16/h3-8,11H,9-10H2,1-2H3,(H,19,21). The molecule has 1 N–H and O–H groups in total. The van der Waals surface area contributed by atoms with E-state index in [1.807, 2.05) is 44.2 Å². The number of nitrogens with one attached hydrogen (secondary N) is 1. The highest BCUT2D eigenvalue weighted by Crippen LogP contribution is 2.20. The molecule has 23 heavy (non-hydrogen) atoms. The molecule has 0 unspecified atom stereocenters. The van der Waals surface area contributed by atoms with Gasteiger partial charge in [0.1, 0.15) is 5.76 Å². The molecule has 3 aromatic rings. The highest BCUT2D eigenvalue weighted by atomic mass is 16.5. The SMILES string of the molecule is Cc1noc(C)c1CC(=O)NCc1ccc(-c2ccoc2)cc1. The number of hydrogen-bond acceptors (Lipinski definition) is 4. The minimum Gasteiger partial charge on any atom is -0.472 e. The third-order valence-corrected chi connectivity index (χ3v) is 3.82. The highest BCUT2D eigenvalue weighted by Gasteiger charge is 2.13. The first-order valence-corrected chi connectivity index (χ1v) is 7.43. The number of hydrogen-bond donors (Lipinski definition) is 1. The summed E-state index contributed by atoms with van der Waals surface area (Å²) in [5, 5.41) is 6.78. The van der Waals surface area contributed by atoms with Gasteiger partial charge in [0.2, 0.25) is 5.91 Å². The van der Waals surface area contributed by atoms with E-state index < -0.39 is 0 Å². The Morgan fingerprint density at radius 3 is 2.52 bits per heavy atom. The number of carbonyl (C=O) groups is 1. The van der Waals surface area contributed by atoms with E-state index in [1.165, 1.54) is 0 Å². The van der Waals surface area contributed by atoms with E-state index in [9.17, 15) is 4.79 Å². The van der Waals surface area contributed by atoms with Crippen LogP contribution in [-0.2, 0) is 17.8 Å². The minimum absolute atomic E-state index is 0.0432. The Morgan fingerprint density at radius 2 is 1.91 bits per heavy atom. The fourth-order valence-corrected chi connectivity index (χ4v) is 2.42. The zero-order valence-corrected chi connectivity index (χ0v) is 13.1. The van der Waals surface area contributed by atoms with Gasteiger partial charge in [0.25, 0.3) is 0 Å². The lowest BCUT2D eigenvalue weighted by atomic mass is 10.1. The molecule has 0 fully saturated rings. The predicted molar refractivity (Wildman–Crippen MR) is 85.7 cm³/mol. The lowest BCUT2D eigenvalue weighted by molar-refractivity contribution is -0.120. The van der Waals surface area contributed by atoms with Crippen LogP contribution in [0.1, 0.15) is 22.6 Å². The average Bonchev–Trinajstić information content (AvgIpc) is 3.19. The molecule has 0 aliphatic heterocycles. The summed E-state index contributed by atoms with van der Waals surface area (Å²) in [4.78, 5) is 12.0. The summed E-state index contributed by atoms with van der Waals surface area (Å²) in [6.07, 6.45) is 3.65. The molecule has 2 aromatic heterocycles. The van der Waals surface area contributed by atoms with E-state index in [-0.39, 0.29) is 12.3 Å². The van der Waals surface area contributed by atoms with Crippen LogP contribution in [0.2, 0.25) is 0 Å². The van der Waals surface area contributed by atoms with Gasteiger partial charge in [-0.3, -0.25) is 4.79 Å². The lowest BCUT2D eigenvalue weighted by Crippen LogP contribution is -2.24. The lowest BCUT2D eigenvalue weighted by Gasteiger charge is -2.06. The van der Waals surface area contributed by atoms with Gasteiger partial charge in [-0.05, 0) is 31.0 Å². The van der Waals surface area contributed by atoms with Crippen molar-refractivity contribution in [3.05, 3.63) is 65.4 Å². The zero-order chi connectivity index (χ0) is 16.2. The second-order valence-corrected chi connectivity index (χ2v) is 5.47. The monoisotopic (exact) mass is 310 g/mol. The molecular formula is C18H18N2O3. The van der Waals surface area contributed by atoms with Gasteiger partial charge in [-0.25, -0.2) is 0 Å². The summed E-state index contributed by atoms with van der Waals surface area (Å²) in [5.41, 5.74) is 4.80. The van der Waals surface area contributed by atoms with Gasteiger partial charge in [0.05, 0.1) is 24.6 Å². The number of aromatic nitrogens is 1. The molecule has 0 bridgehead atoms. The molecule has 1 aromatic carbocycles. The maximum atomic E-state index is 12.0. The number of aryl methyl sites for hydroxylation is 2. The van der Waals surface area contributed by atoms with Crippen LogP contribution in [0.25, 0.3) is 11.1 Å². The van der Waals surface area contributed by atoms with E-state index in [0.29, 0.717) is 12.3 Å². The minimum atomic E-state index is -0.0432. The Balaban J connectivity index is 1.57. The molecule has 0 saturated carbocycles. The van der Waals surface area contributed by atoms with Crippen LogP contribution < -0.4 is 5.32 Å². The van der Waals surface area contributed by atoms with Crippen molar-refractivity contribution >= 4 is 5.91 Å². The quantitative estimate of drug-likeness (QED) is 0.784. The number of nitrogens with zero attached hydrogens (tertiary/aromatic N) is 1. The molecule has 0 atom stereocenters. The second-order valence-electron chi connectivity index (χ2n) is 5.47. The van der Waals surface area contributed by atoms with Gasteiger partial charge in [-0.1, -0.05) is 29.4 Å². The van der Waals surface area contributed by atoms with Gasteiger partial charge >= 0.3 is 0 Å². The van der Waals surface area contributed by atoms with Gasteiger partial charge in [0, 0.05) is 17.7 Å². The second kappa shape index (κ2) is 6.52. The first-order chi connectivity index (χ1) is 11.1. The fourth-order valence-electron chi connectivity index (χ4n) is 2.42. The number of rotatable bonds is 5. The van der Waals surface area contributed by atoms with Crippen LogP contribution in [0.3, 0.4) is 0 Å². The normalized spacial score (nSPS) is 10.7. The molecule has 0 spiro atoms. The smallest absolute Gasteiger partial charge is 0.224 e. The summed E-state index contributed by atoms with van der Waals surface area (Å²) in [6, 6.07) is 9.94. The van der Waals surface area contributed by atoms with Crippen molar-refractivity contribution in [2.45, 2.75) is 26.8 Å². The maximum Gasteiger partial charge on any atom is 0.224 e. The summed E-state index contributed by atoms with van der Waals surface area (Å²) < 4.78 is 10.1. The summed E-state index contributed by atoms with van der Waals surface area (Å²) >= 11 is 0. The van der Waals surface area contributed by atoms with Gasteiger partial charge in [-0.15, -0.1) is 0 Å². The molecule has 118 valence electrons. The third-order valence-electron chi connectivity index (χ3n) is 3.82. The fraction of sp³-hybridized carbons (Fsp3) is 0.222. The first-order valence-electron chi connectivity index (χ1n) is 7.43. The van der Waals surface area contributed by atoms with Crippen molar-refractivity contribution in [2.75, 3.05) is 0 Å². The molecule has 0 radical (unpaired) electrons. The van der Waals surface area contributed by atoms with Crippen molar-refractivity contribution in [3.8, 4) is 11.1 Å². The van der Waals surface area contributed by atoms with Gasteiger partial charge < -0.3 is 14.3 Å². The van der Waals surface area contributed by atoms with Crippen LogP contribution in [0, 0.1) is 13.8 Å². The van der Waals surface area contributed by atoms with Gasteiger partial charge in [0.15, 0.2) is 0 Å². The largest absolute Gasteiger partial charge is 0.472 e. The third kappa shape index (κ3) is 3.51. The molecular weight excluding hydrogens is 292 g/mol. The molecule has 0 saturated heterocycles. The Morgan fingerprint density at radius 1 is 1.13 bits per heavy atom. The van der Waals surface area contributed by atoms with Gasteiger partial charge in [-0.2, -0.15) is 0 Å². The summed E-state index contributed by atoms with van der Waals surface area (Å²) in [7, 11) is 0. The average molecular weight is 310 g/mol. The van der Waals surface area contributed by atoms with E-state index in [0.717, 1.165) is 27.9 Å². The van der Waals surface area contributed by atoms with E-state index in [4.69, 9.17) is 8.94 Å². The summed E-state index contributed by atoms with van der Waals surface area (Å²) in [5.74, 6) is 0.653. The number of benzene rings is 1. The number of furan rings is 1. The Bertz CT molecular complexity index is 767. The molecule has 5 nitrogen and oxygen atoms in total. The number of amides is 1. The van der Waals surface area contributed by atoms with Crippen molar-refractivity contribution in [1.82, 2.24) is 10.5 Å². The number of carbonyl (C=O) groups excluding carboxylic acids is 1. The topological polar surface area (TPSA) is 68.3 Å². The maximum absolute atomic E-state index is 12.0. The molecule has 1 amide bonds. The van der Waals surface area contributed by atoms with Crippen molar-refractivity contribution in [2.24, 2.45) is 0 Å². The molecule has 5 heteroatoms. The first kappa shape index (κ1) is 15.1. The highest BCUT2D eigenvalue weighted by molar-refractivity contribution is 5.79. The van der Waals surface area contributed by atoms with E-state index >= 15 is 0 Å². The predicted octanol–water partition coefficient (Wildman–Crippen LogP) is 3.41. The van der Waals surface area contributed by atoms with E-state index in [2.05, 4.69) is 10.5 Å². The molecule has 2 heterocycles. The Hall–Kier alpha value is -2.82. The van der Waals surface area contributed by atoms with Crippen LogP contribution in [0.5, 0.6) is 0 Å². The zero-order valence-electron chi connectivity index (χ0n) is 13.1. The van der Waals surface area contributed by atoms with E-state index in [1.54, 1.807) is 12.5 Å². The molecule has 3 rings (SSSR count).